The lowest BCUT2D eigenvalue weighted by molar-refractivity contribution is -0.387. The Morgan fingerprint density at radius 3 is 2.43 bits per heavy atom. The second-order valence-electron chi connectivity index (χ2n) is 3.71. The highest BCUT2D eigenvalue weighted by atomic mass is 32.2. The van der Waals surface area contributed by atoms with E-state index in [2.05, 4.69) is 5.14 Å². The number of benzene rings is 1. The Morgan fingerprint density at radius 2 is 2.00 bits per heavy atom. The molecule has 0 saturated carbocycles. The highest BCUT2D eigenvalue weighted by molar-refractivity contribution is 7.89. The molecule has 0 heterocycles. The number of halogens is 3. The van der Waals surface area contributed by atoms with Gasteiger partial charge in [0.05, 0.1) is 11.5 Å². The molecule has 12 heteroatoms. The number of primary sulfonamides is 1. The zero-order chi connectivity index (χ0) is 16.4. The molecule has 0 aliphatic carbocycles. The summed E-state index contributed by atoms with van der Waals surface area (Å²) >= 11 is 0. The van der Waals surface area contributed by atoms with Crippen LogP contribution in [0.5, 0.6) is 0 Å². The molecule has 21 heavy (non-hydrogen) atoms. The van der Waals surface area contributed by atoms with Crippen LogP contribution in [0.25, 0.3) is 0 Å². The van der Waals surface area contributed by atoms with Crippen LogP contribution in [0.4, 0.5) is 18.9 Å². The average Bonchev–Trinajstić information content (AvgIpc) is 2.34. The molecule has 0 aliphatic heterocycles. The van der Waals surface area contributed by atoms with Crippen molar-refractivity contribution in [2.75, 3.05) is 6.54 Å². The van der Waals surface area contributed by atoms with Crippen molar-refractivity contribution < 1.29 is 31.3 Å². The van der Waals surface area contributed by atoms with Gasteiger partial charge in [0.2, 0.25) is 15.8 Å². The van der Waals surface area contributed by atoms with Gasteiger partial charge in [-0.15, -0.1) is 0 Å². The van der Waals surface area contributed by atoms with Crippen LogP contribution in [0.15, 0.2) is 17.0 Å². The molecule has 0 atom stereocenters. The number of alkyl halides is 2. The lowest BCUT2D eigenvalue weighted by Gasteiger charge is -2.07. The highest BCUT2D eigenvalue weighted by Gasteiger charge is 2.27. The highest BCUT2D eigenvalue weighted by Crippen LogP contribution is 2.25. The van der Waals surface area contributed by atoms with E-state index in [1.165, 1.54) is 0 Å². The van der Waals surface area contributed by atoms with E-state index in [0.29, 0.717) is 12.1 Å². The molecule has 1 amide bonds. The molecule has 8 nitrogen and oxygen atoms in total. The van der Waals surface area contributed by atoms with Crippen molar-refractivity contribution in [2.24, 2.45) is 5.14 Å². The van der Waals surface area contributed by atoms with Crippen LogP contribution in [-0.2, 0) is 10.0 Å². The second kappa shape index (κ2) is 6.05. The summed E-state index contributed by atoms with van der Waals surface area (Å²) < 4.78 is 59.8. The van der Waals surface area contributed by atoms with Gasteiger partial charge < -0.3 is 5.32 Å². The van der Waals surface area contributed by atoms with Crippen LogP contribution in [0.3, 0.4) is 0 Å². The maximum absolute atomic E-state index is 13.6. The maximum Gasteiger partial charge on any atom is 0.307 e. The minimum absolute atomic E-state index is 0.421. The Kier molecular flexibility index (Phi) is 4.85. The third kappa shape index (κ3) is 4.13. The van der Waals surface area contributed by atoms with Crippen molar-refractivity contribution in [1.29, 1.82) is 0 Å². The molecule has 1 aromatic rings. The zero-order valence-corrected chi connectivity index (χ0v) is 10.9. The normalized spacial score (nSPS) is 11.5. The molecule has 0 radical (unpaired) electrons. The molecule has 0 spiro atoms. The fourth-order valence-electron chi connectivity index (χ4n) is 1.33. The Hall–Kier alpha value is -2.21. The van der Waals surface area contributed by atoms with E-state index in [9.17, 15) is 36.5 Å². The largest absolute Gasteiger partial charge is 0.346 e. The predicted octanol–water partition coefficient (Wildman–Crippen LogP) is 0.376. The minimum Gasteiger partial charge on any atom is -0.346 e. The quantitative estimate of drug-likeness (QED) is 0.596. The molecule has 0 bridgehead atoms. The topological polar surface area (TPSA) is 132 Å². The molecule has 3 N–H and O–H groups in total. The van der Waals surface area contributed by atoms with Gasteiger partial charge in [0.25, 0.3) is 12.3 Å². The monoisotopic (exact) mass is 327 g/mol. The molecule has 1 aromatic carbocycles. The first-order valence-electron chi connectivity index (χ1n) is 5.11. The van der Waals surface area contributed by atoms with E-state index in [0.717, 1.165) is 0 Å². The van der Waals surface area contributed by atoms with Gasteiger partial charge in [0.1, 0.15) is 4.90 Å². The van der Waals surface area contributed by atoms with Crippen LogP contribution < -0.4 is 10.5 Å². The number of nitro groups is 1. The van der Waals surface area contributed by atoms with E-state index < -0.39 is 55.8 Å². The number of carbonyl (C=O) groups excluding carboxylic acids is 1. The first kappa shape index (κ1) is 16.8. The van der Waals surface area contributed by atoms with Crippen molar-refractivity contribution in [3.05, 3.63) is 33.6 Å². The van der Waals surface area contributed by atoms with Crippen LogP contribution in [0.2, 0.25) is 0 Å². The number of hydrogen-bond donors (Lipinski definition) is 2. The summed E-state index contributed by atoms with van der Waals surface area (Å²) in [6.07, 6.45) is -2.89. The molecule has 1 rings (SSSR count). The summed E-state index contributed by atoms with van der Waals surface area (Å²) in [4.78, 5) is 19.6. The minimum atomic E-state index is -4.68. The fraction of sp³-hybridized carbons (Fsp3) is 0.222. The molecule has 0 unspecified atom stereocenters. The number of nitrogens with one attached hydrogen (secondary N) is 1. The predicted molar refractivity (Wildman–Crippen MR) is 62.8 cm³/mol. The fourth-order valence-corrected chi connectivity index (χ4v) is 1.97. The first-order chi connectivity index (χ1) is 9.54. The summed E-state index contributed by atoms with van der Waals surface area (Å²) in [6, 6.07) is 0.850. The van der Waals surface area contributed by atoms with Gasteiger partial charge in [-0.3, -0.25) is 14.9 Å². The van der Waals surface area contributed by atoms with E-state index >= 15 is 0 Å². The van der Waals surface area contributed by atoms with E-state index in [-0.39, 0.29) is 0 Å². The number of hydrogen-bond acceptors (Lipinski definition) is 5. The summed E-state index contributed by atoms with van der Waals surface area (Å²) in [5.41, 5.74) is -2.00. The third-order valence-electron chi connectivity index (χ3n) is 2.20. The van der Waals surface area contributed by atoms with E-state index in [1.54, 1.807) is 5.32 Å². The zero-order valence-electron chi connectivity index (χ0n) is 10.0. The standard InChI is InChI=1S/C9H8F3N3O5S/c10-7(11)3-14-9(16)4-1-5(15(17)18)8(12)6(2-4)21(13,19)20/h1-2,7H,3H2,(H,14,16)(H2,13,19,20). The molecule has 0 fully saturated rings. The third-order valence-corrected chi connectivity index (χ3v) is 3.11. The summed E-state index contributed by atoms with van der Waals surface area (Å²) in [6.45, 7) is -1.06. The molecular formula is C9H8F3N3O5S. The van der Waals surface area contributed by atoms with Gasteiger partial charge >= 0.3 is 5.69 Å². The van der Waals surface area contributed by atoms with Gasteiger partial charge in [-0.2, -0.15) is 4.39 Å². The molecule has 0 saturated heterocycles. The van der Waals surface area contributed by atoms with Crippen molar-refractivity contribution in [1.82, 2.24) is 5.32 Å². The number of carbonyl (C=O) groups is 1. The SMILES string of the molecule is NS(=O)(=O)c1cc(C(=O)NCC(F)F)cc([N+](=O)[O-])c1F. The van der Waals surface area contributed by atoms with Gasteiger partial charge in [-0.1, -0.05) is 0 Å². The van der Waals surface area contributed by atoms with Crippen LogP contribution in [0, 0.1) is 15.9 Å². The molecular weight excluding hydrogens is 319 g/mol. The Labute approximate surface area is 115 Å². The van der Waals surface area contributed by atoms with Gasteiger partial charge in [-0.25, -0.2) is 22.3 Å². The number of nitrogens with zero attached hydrogens (tertiary/aromatic N) is 1. The number of sulfonamides is 1. The van der Waals surface area contributed by atoms with Gasteiger partial charge in [0.15, 0.2) is 0 Å². The maximum atomic E-state index is 13.6. The summed E-state index contributed by atoms with van der Waals surface area (Å²) in [5, 5.41) is 17.0. The first-order valence-corrected chi connectivity index (χ1v) is 6.65. The molecule has 0 aromatic heterocycles. The Bertz CT molecular complexity index is 692. The number of nitrogens with two attached hydrogens (primary N) is 1. The lowest BCUT2D eigenvalue weighted by Crippen LogP contribution is -2.29. The summed E-state index contributed by atoms with van der Waals surface area (Å²) in [5.74, 6) is -2.98. The van der Waals surface area contributed by atoms with Gasteiger partial charge in [-0.05, 0) is 6.07 Å². The van der Waals surface area contributed by atoms with E-state index in [4.69, 9.17) is 0 Å². The van der Waals surface area contributed by atoms with Crippen molar-refractivity contribution >= 4 is 21.6 Å². The molecule has 0 aliphatic rings. The average molecular weight is 327 g/mol. The second-order valence-corrected chi connectivity index (χ2v) is 5.24. The van der Waals surface area contributed by atoms with E-state index in [1.807, 2.05) is 0 Å². The Morgan fingerprint density at radius 1 is 1.43 bits per heavy atom. The number of nitro benzene ring substituents is 1. The van der Waals surface area contributed by atoms with Gasteiger partial charge in [0, 0.05) is 11.6 Å². The Balaban J connectivity index is 3.38. The number of rotatable bonds is 5. The number of amides is 1. The van der Waals surface area contributed by atoms with Crippen molar-refractivity contribution in [3.8, 4) is 0 Å². The summed E-state index contributed by atoms with van der Waals surface area (Å²) in [7, 11) is -4.68. The van der Waals surface area contributed by atoms with Crippen LogP contribution >= 0.6 is 0 Å². The molecule has 116 valence electrons. The lowest BCUT2D eigenvalue weighted by atomic mass is 10.2. The smallest absolute Gasteiger partial charge is 0.307 e. The van der Waals surface area contributed by atoms with Crippen molar-refractivity contribution in [2.45, 2.75) is 11.3 Å². The van der Waals surface area contributed by atoms with Crippen molar-refractivity contribution in [3.63, 3.8) is 0 Å². The van der Waals surface area contributed by atoms with Crippen LogP contribution in [-0.4, -0.2) is 32.2 Å². The van der Waals surface area contributed by atoms with Crippen LogP contribution in [0.1, 0.15) is 10.4 Å².